The van der Waals surface area contributed by atoms with Crippen molar-refractivity contribution in [2.24, 2.45) is 0 Å². The van der Waals surface area contributed by atoms with E-state index in [9.17, 15) is 0 Å². The SMILES string of the molecule is CCCOc1ccc(C(NC)c2cc(C)c(Br)s2)cc1Br. The number of thiophene rings is 1. The Morgan fingerprint density at radius 3 is 2.57 bits per heavy atom. The van der Waals surface area contributed by atoms with E-state index in [1.807, 2.05) is 13.1 Å². The number of hydrogen-bond donors (Lipinski definition) is 1. The Morgan fingerprint density at radius 2 is 2.05 bits per heavy atom. The first-order valence-corrected chi connectivity index (χ1v) is 9.32. The number of halogens is 2. The fourth-order valence-corrected chi connectivity index (χ4v) is 4.35. The number of benzene rings is 1. The first kappa shape index (κ1) is 17.0. The molecule has 1 N–H and O–H groups in total. The largest absolute Gasteiger partial charge is 0.492 e. The summed E-state index contributed by atoms with van der Waals surface area (Å²) < 4.78 is 7.91. The summed E-state index contributed by atoms with van der Waals surface area (Å²) >= 11 is 8.98. The van der Waals surface area contributed by atoms with Gasteiger partial charge in [0.05, 0.1) is 20.9 Å². The lowest BCUT2D eigenvalue weighted by molar-refractivity contribution is 0.315. The average Bonchev–Trinajstić information content (AvgIpc) is 2.78. The van der Waals surface area contributed by atoms with Crippen LogP contribution in [0.1, 0.15) is 35.4 Å². The summed E-state index contributed by atoms with van der Waals surface area (Å²) in [7, 11) is 1.99. The van der Waals surface area contributed by atoms with Crippen LogP contribution >= 0.6 is 43.2 Å². The maximum absolute atomic E-state index is 5.71. The molecule has 1 aromatic carbocycles. The monoisotopic (exact) mass is 431 g/mol. The highest BCUT2D eigenvalue weighted by Gasteiger charge is 2.17. The molecule has 1 aromatic heterocycles. The van der Waals surface area contributed by atoms with Crippen molar-refractivity contribution >= 4 is 43.2 Å². The fraction of sp³-hybridized carbons (Fsp3) is 0.375. The van der Waals surface area contributed by atoms with Crippen LogP contribution in [0.5, 0.6) is 5.75 Å². The predicted molar refractivity (Wildman–Crippen MR) is 97.6 cm³/mol. The average molecular weight is 433 g/mol. The van der Waals surface area contributed by atoms with Gasteiger partial charge in [-0.2, -0.15) is 0 Å². The molecule has 0 aliphatic carbocycles. The molecule has 114 valence electrons. The highest BCUT2D eigenvalue weighted by Crippen LogP contribution is 2.36. The molecule has 1 atom stereocenters. The van der Waals surface area contributed by atoms with Gasteiger partial charge in [-0.15, -0.1) is 11.3 Å². The van der Waals surface area contributed by atoms with Crippen LogP contribution in [-0.2, 0) is 0 Å². The van der Waals surface area contributed by atoms with Crippen molar-refractivity contribution in [3.63, 3.8) is 0 Å². The van der Waals surface area contributed by atoms with Gasteiger partial charge in [0.1, 0.15) is 5.75 Å². The molecule has 1 unspecified atom stereocenters. The standard InChI is InChI=1S/C16H19Br2NOS/c1-4-7-20-13-6-5-11(9-12(13)17)15(19-3)14-8-10(2)16(18)21-14/h5-6,8-9,15,19H,4,7H2,1-3H3. The van der Waals surface area contributed by atoms with Gasteiger partial charge >= 0.3 is 0 Å². The number of ether oxygens (including phenoxy) is 1. The van der Waals surface area contributed by atoms with Crippen molar-refractivity contribution in [2.45, 2.75) is 26.3 Å². The number of hydrogen-bond acceptors (Lipinski definition) is 3. The zero-order valence-electron chi connectivity index (χ0n) is 12.4. The summed E-state index contributed by atoms with van der Waals surface area (Å²) in [5.41, 5.74) is 2.50. The van der Waals surface area contributed by atoms with Gasteiger partial charge in [0.25, 0.3) is 0 Å². The summed E-state index contributed by atoms with van der Waals surface area (Å²) in [6.45, 7) is 4.97. The molecule has 0 bridgehead atoms. The van der Waals surface area contributed by atoms with Crippen molar-refractivity contribution in [2.75, 3.05) is 13.7 Å². The highest BCUT2D eigenvalue weighted by molar-refractivity contribution is 9.11. The number of nitrogens with one attached hydrogen (secondary N) is 1. The number of aryl methyl sites for hydroxylation is 1. The minimum Gasteiger partial charge on any atom is -0.492 e. The Balaban J connectivity index is 2.28. The van der Waals surface area contributed by atoms with Crippen LogP contribution in [0, 0.1) is 6.92 Å². The van der Waals surface area contributed by atoms with Gasteiger partial charge in [-0.05, 0) is 81.6 Å². The van der Waals surface area contributed by atoms with Crippen LogP contribution in [0.2, 0.25) is 0 Å². The van der Waals surface area contributed by atoms with Crippen molar-refractivity contribution in [3.8, 4) is 5.75 Å². The molecule has 0 aliphatic rings. The van der Waals surface area contributed by atoms with E-state index < -0.39 is 0 Å². The van der Waals surface area contributed by atoms with Crippen LogP contribution in [0.25, 0.3) is 0 Å². The van der Waals surface area contributed by atoms with Crippen LogP contribution in [0.4, 0.5) is 0 Å². The van der Waals surface area contributed by atoms with Gasteiger partial charge in [0.15, 0.2) is 0 Å². The molecule has 21 heavy (non-hydrogen) atoms. The second-order valence-electron chi connectivity index (χ2n) is 4.87. The molecule has 0 radical (unpaired) electrons. The van der Waals surface area contributed by atoms with Crippen molar-refractivity contribution in [3.05, 3.63) is 48.5 Å². The Kier molecular flexibility index (Phi) is 6.29. The second kappa shape index (κ2) is 7.77. The molecule has 1 heterocycles. The summed E-state index contributed by atoms with van der Waals surface area (Å²) in [6.07, 6.45) is 1.01. The third-order valence-corrected chi connectivity index (χ3v) is 6.02. The molecule has 2 rings (SSSR count). The quantitative estimate of drug-likeness (QED) is 0.633. The molecule has 5 heteroatoms. The molecule has 0 aliphatic heterocycles. The van der Waals surface area contributed by atoms with Crippen LogP contribution in [0.15, 0.2) is 32.5 Å². The molecular formula is C16H19Br2NOS. The van der Waals surface area contributed by atoms with E-state index in [1.54, 1.807) is 11.3 Å². The maximum Gasteiger partial charge on any atom is 0.133 e. The van der Waals surface area contributed by atoms with Gasteiger partial charge in [0.2, 0.25) is 0 Å². The van der Waals surface area contributed by atoms with E-state index in [4.69, 9.17) is 4.74 Å². The normalized spacial score (nSPS) is 12.4. The van der Waals surface area contributed by atoms with Crippen LogP contribution in [-0.4, -0.2) is 13.7 Å². The topological polar surface area (TPSA) is 21.3 Å². The lowest BCUT2D eigenvalue weighted by Gasteiger charge is -2.17. The second-order valence-corrected chi connectivity index (χ2v) is 8.12. The van der Waals surface area contributed by atoms with E-state index in [1.165, 1.54) is 19.8 Å². The Labute approximate surface area is 147 Å². The fourth-order valence-electron chi connectivity index (χ4n) is 2.12. The Bertz CT molecular complexity index is 593. The minimum atomic E-state index is 0.191. The van der Waals surface area contributed by atoms with E-state index >= 15 is 0 Å². The number of rotatable bonds is 6. The van der Waals surface area contributed by atoms with E-state index in [-0.39, 0.29) is 6.04 Å². The van der Waals surface area contributed by atoms with Gasteiger partial charge in [-0.1, -0.05) is 13.0 Å². The van der Waals surface area contributed by atoms with Gasteiger partial charge in [-0.25, -0.2) is 0 Å². The summed E-state index contributed by atoms with van der Waals surface area (Å²) in [6, 6.07) is 8.71. The molecule has 0 saturated carbocycles. The van der Waals surface area contributed by atoms with Crippen molar-refractivity contribution < 1.29 is 4.74 Å². The Morgan fingerprint density at radius 1 is 1.29 bits per heavy atom. The lowest BCUT2D eigenvalue weighted by Crippen LogP contribution is -2.16. The first-order valence-electron chi connectivity index (χ1n) is 6.92. The first-order chi connectivity index (χ1) is 10.1. The van der Waals surface area contributed by atoms with Gasteiger partial charge in [-0.3, -0.25) is 0 Å². The van der Waals surface area contributed by atoms with Gasteiger partial charge < -0.3 is 10.1 Å². The molecular weight excluding hydrogens is 414 g/mol. The predicted octanol–water partition coefficient (Wildman–Crippen LogP) is 5.68. The third-order valence-electron chi connectivity index (χ3n) is 3.20. The summed E-state index contributed by atoms with van der Waals surface area (Å²) in [5.74, 6) is 0.902. The maximum atomic E-state index is 5.71. The van der Waals surface area contributed by atoms with Crippen LogP contribution < -0.4 is 10.1 Å². The third kappa shape index (κ3) is 4.09. The van der Waals surface area contributed by atoms with E-state index in [0.717, 1.165) is 23.2 Å². The molecule has 0 spiro atoms. The molecule has 0 saturated heterocycles. The summed E-state index contributed by atoms with van der Waals surface area (Å²) in [5, 5.41) is 3.39. The van der Waals surface area contributed by atoms with Crippen molar-refractivity contribution in [1.29, 1.82) is 0 Å². The Hall–Kier alpha value is -0.360. The summed E-state index contributed by atoms with van der Waals surface area (Å²) in [4.78, 5) is 1.30. The highest BCUT2D eigenvalue weighted by atomic mass is 79.9. The van der Waals surface area contributed by atoms with Crippen LogP contribution in [0.3, 0.4) is 0 Å². The smallest absolute Gasteiger partial charge is 0.133 e. The molecule has 0 amide bonds. The lowest BCUT2D eigenvalue weighted by atomic mass is 10.0. The van der Waals surface area contributed by atoms with E-state index in [0.29, 0.717) is 0 Å². The molecule has 2 aromatic rings. The minimum absolute atomic E-state index is 0.191. The van der Waals surface area contributed by atoms with Gasteiger partial charge in [0, 0.05) is 4.88 Å². The zero-order valence-corrected chi connectivity index (χ0v) is 16.4. The van der Waals surface area contributed by atoms with E-state index in [2.05, 4.69) is 69.2 Å². The molecule has 0 fully saturated rings. The van der Waals surface area contributed by atoms with Crippen molar-refractivity contribution in [1.82, 2.24) is 5.32 Å². The zero-order chi connectivity index (χ0) is 15.4. The molecule has 2 nitrogen and oxygen atoms in total.